The van der Waals surface area contributed by atoms with Gasteiger partial charge in [-0.3, -0.25) is 4.79 Å². The largest absolute Gasteiger partial charge is 0.486 e. The van der Waals surface area contributed by atoms with Gasteiger partial charge in [-0.05, 0) is 18.1 Å². The van der Waals surface area contributed by atoms with Crippen molar-refractivity contribution >= 4 is 29.0 Å². The second-order valence-electron chi connectivity index (χ2n) is 5.72. The number of aryl methyl sites for hydroxylation is 1. The van der Waals surface area contributed by atoms with Crippen molar-refractivity contribution in [2.24, 2.45) is 0 Å². The number of carbonyl (C=O) groups is 1. The van der Waals surface area contributed by atoms with Gasteiger partial charge in [0.1, 0.15) is 24.7 Å². The molecule has 24 heavy (non-hydrogen) atoms. The Kier molecular flexibility index (Phi) is 3.93. The van der Waals surface area contributed by atoms with Crippen molar-refractivity contribution in [3.05, 3.63) is 28.9 Å². The quantitative estimate of drug-likeness (QED) is 0.890. The fourth-order valence-electron chi connectivity index (χ4n) is 2.88. The maximum absolute atomic E-state index is 12.4. The number of anilines is 2. The van der Waals surface area contributed by atoms with Gasteiger partial charge in [-0.1, -0.05) is 11.6 Å². The molecule has 0 aliphatic carbocycles. The predicted molar refractivity (Wildman–Crippen MR) is 90.1 cm³/mol. The summed E-state index contributed by atoms with van der Waals surface area (Å²) in [5.74, 6) is 1.93. The van der Waals surface area contributed by atoms with E-state index in [2.05, 4.69) is 15.7 Å². The average molecular weight is 349 g/mol. The Morgan fingerprint density at radius 1 is 1.33 bits per heavy atom. The molecule has 1 aromatic heterocycles. The van der Waals surface area contributed by atoms with Gasteiger partial charge in [0.2, 0.25) is 5.91 Å². The number of benzene rings is 1. The maximum Gasteiger partial charge on any atom is 0.228 e. The Balaban J connectivity index is 1.49. The molecule has 2 N–H and O–H groups in total. The van der Waals surface area contributed by atoms with E-state index in [-0.39, 0.29) is 12.3 Å². The molecular formula is C16H17ClN4O3. The van der Waals surface area contributed by atoms with Crippen LogP contribution < -0.4 is 20.1 Å². The monoisotopic (exact) mass is 348 g/mol. The molecule has 4 rings (SSSR count). The van der Waals surface area contributed by atoms with Crippen LogP contribution in [0.5, 0.6) is 11.5 Å². The molecule has 0 spiro atoms. The topological polar surface area (TPSA) is 77.4 Å². The van der Waals surface area contributed by atoms with E-state index >= 15 is 0 Å². The Bertz CT molecular complexity index is 790. The van der Waals surface area contributed by atoms with Gasteiger partial charge in [-0.25, -0.2) is 4.68 Å². The van der Waals surface area contributed by atoms with Gasteiger partial charge in [0.25, 0.3) is 0 Å². The van der Waals surface area contributed by atoms with Crippen molar-refractivity contribution < 1.29 is 14.3 Å². The summed E-state index contributed by atoms with van der Waals surface area (Å²) in [5, 5.41) is 10.9. The molecule has 0 radical (unpaired) electrons. The summed E-state index contributed by atoms with van der Waals surface area (Å²) in [6, 6.07) is 3.46. The zero-order chi connectivity index (χ0) is 16.5. The summed E-state index contributed by atoms with van der Waals surface area (Å²) in [6.45, 7) is 2.73. The number of hydrogen-bond donors (Lipinski definition) is 2. The highest BCUT2D eigenvalue weighted by atomic mass is 35.5. The first-order chi connectivity index (χ1) is 11.7. The fourth-order valence-corrected chi connectivity index (χ4v) is 3.10. The zero-order valence-corrected chi connectivity index (χ0v) is 13.7. The van der Waals surface area contributed by atoms with E-state index in [9.17, 15) is 4.79 Å². The van der Waals surface area contributed by atoms with Crippen LogP contribution in [-0.4, -0.2) is 35.4 Å². The summed E-state index contributed by atoms with van der Waals surface area (Å²) in [5.41, 5.74) is 1.39. The Morgan fingerprint density at radius 2 is 2.12 bits per heavy atom. The van der Waals surface area contributed by atoms with Crippen LogP contribution in [0, 0.1) is 0 Å². The molecule has 3 heterocycles. The van der Waals surface area contributed by atoms with E-state index in [4.69, 9.17) is 21.1 Å². The number of carbonyl (C=O) groups excluding carboxylic acids is 1. The molecule has 0 saturated heterocycles. The number of rotatable bonds is 3. The van der Waals surface area contributed by atoms with Gasteiger partial charge in [-0.2, -0.15) is 5.10 Å². The molecule has 2 aromatic rings. The minimum absolute atomic E-state index is 0.153. The lowest BCUT2D eigenvalue weighted by Crippen LogP contribution is -2.20. The first-order valence-corrected chi connectivity index (χ1v) is 8.26. The minimum atomic E-state index is -0.156. The third kappa shape index (κ3) is 2.87. The van der Waals surface area contributed by atoms with Crippen molar-refractivity contribution in [3.63, 3.8) is 0 Å². The number of amides is 1. The summed E-state index contributed by atoms with van der Waals surface area (Å²) >= 11 is 6.26. The average Bonchev–Trinajstić information content (AvgIpc) is 2.99. The van der Waals surface area contributed by atoms with Gasteiger partial charge >= 0.3 is 0 Å². The highest BCUT2D eigenvalue weighted by Crippen LogP contribution is 2.35. The summed E-state index contributed by atoms with van der Waals surface area (Å²) in [4.78, 5) is 12.4. The number of nitrogens with one attached hydrogen (secondary N) is 2. The molecule has 0 unspecified atom stereocenters. The highest BCUT2D eigenvalue weighted by Gasteiger charge is 2.19. The van der Waals surface area contributed by atoms with Crippen molar-refractivity contribution in [3.8, 4) is 11.5 Å². The van der Waals surface area contributed by atoms with Gasteiger partial charge in [0.15, 0.2) is 11.5 Å². The first-order valence-electron chi connectivity index (χ1n) is 7.88. The van der Waals surface area contributed by atoms with Gasteiger partial charge in [-0.15, -0.1) is 0 Å². The molecule has 0 atom stereocenters. The highest BCUT2D eigenvalue weighted by molar-refractivity contribution is 6.31. The van der Waals surface area contributed by atoms with Crippen LogP contribution in [0.1, 0.15) is 12.0 Å². The molecule has 1 aromatic carbocycles. The summed E-state index contributed by atoms with van der Waals surface area (Å²) in [7, 11) is 0. The van der Waals surface area contributed by atoms with Crippen molar-refractivity contribution in [2.75, 3.05) is 30.4 Å². The number of halogens is 1. The molecule has 7 nitrogen and oxygen atoms in total. The first kappa shape index (κ1) is 15.1. The van der Waals surface area contributed by atoms with Crippen LogP contribution in [-0.2, 0) is 17.8 Å². The molecular weight excluding hydrogens is 332 g/mol. The number of nitrogens with zero attached hydrogens (tertiary/aromatic N) is 2. The van der Waals surface area contributed by atoms with Crippen molar-refractivity contribution in [1.82, 2.24) is 9.78 Å². The van der Waals surface area contributed by atoms with E-state index in [1.807, 2.05) is 4.68 Å². The Morgan fingerprint density at radius 3 is 2.96 bits per heavy atom. The molecule has 8 heteroatoms. The molecule has 0 saturated carbocycles. The Labute approximate surface area is 143 Å². The molecule has 2 aliphatic heterocycles. The van der Waals surface area contributed by atoms with Crippen LogP contribution in [0.4, 0.5) is 11.5 Å². The molecule has 0 bridgehead atoms. The summed E-state index contributed by atoms with van der Waals surface area (Å²) in [6.07, 6.45) is 2.84. The number of ether oxygens (including phenoxy) is 2. The molecule has 0 fully saturated rings. The lowest BCUT2D eigenvalue weighted by atomic mass is 10.1. The minimum Gasteiger partial charge on any atom is -0.486 e. The third-order valence-electron chi connectivity index (χ3n) is 4.01. The summed E-state index contributed by atoms with van der Waals surface area (Å²) < 4.78 is 12.9. The van der Waals surface area contributed by atoms with Crippen molar-refractivity contribution in [1.29, 1.82) is 0 Å². The van der Waals surface area contributed by atoms with Gasteiger partial charge in [0.05, 0.1) is 12.6 Å². The van der Waals surface area contributed by atoms with Crippen LogP contribution in [0.25, 0.3) is 0 Å². The van der Waals surface area contributed by atoms with Crippen LogP contribution in [0.15, 0.2) is 18.3 Å². The number of fused-ring (bicyclic) bond motifs is 2. The predicted octanol–water partition coefficient (Wildman–Crippen LogP) is 2.30. The number of hydrogen-bond acceptors (Lipinski definition) is 5. The second-order valence-corrected chi connectivity index (χ2v) is 6.13. The zero-order valence-electron chi connectivity index (χ0n) is 13.0. The third-order valence-corrected chi connectivity index (χ3v) is 4.37. The van der Waals surface area contributed by atoms with E-state index in [1.165, 1.54) is 0 Å². The SMILES string of the molecule is O=C(Cc1cc2c(cc1Cl)OCCO2)Nc1cnn2c1NCCC2. The molecule has 1 amide bonds. The maximum atomic E-state index is 12.4. The fraction of sp³-hybridized carbons (Fsp3) is 0.375. The lowest BCUT2D eigenvalue weighted by molar-refractivity contribution is -0.115. The Hall–Kier alpha value is -2.41. The van der Waals surface area contributed by atoms with Gasteiger partial charge < -0.3 is 20.1 Å². The van der Waals surface area contributed by atoms with E-state index in [0.717, 1.165) is 25.3 Å². The van der Waals surface area contributed by atoms with Gasteiger partial charge in [0, 0.05) is 24.2 Å². The van der Waals surface area contributed by atoms with E-state index in [1.54, 1.807) is 18.3 Å². The van der Waals surface area contributed by atoms with Crippen LogP contribution in [0.3, 0.4) is 0 Å². The smallest absolute Gasteiger partial charge is 0.228 e. The molecule has 126 valence electrons. The van der Waals surface area contributed by atoms with E-state index in [0.29, 0.717) is 41.0 Å². The lowest BCUT2D eigenvalue weighted by Gasteiger charge is -2.20. The molecule has 2 aliphatic rings. The van der Waals surface area contributed by atoms with Crippen LogP contribution >= 0.6 is 11.6 Å². The normalized spacial score (nSPS) is 15.4. The second kappa shape index (κ2) is 6.24. The standard InChI is InChI=1S/C16H17ClN4O3/c17-11-8-14-13(23-4-5-24-14)6-10(11)7-15(22)20-12-9-19-21-3-1-2-18-16(12)21/h6,8-9,18H,1-5,7H2,(H,20,22). The van der Waals surface area contributed by atoms with E-state index < -0.39 is 0 Å². The number of aromatic nitrogens is 2. The van der Waals surface area contributed by atoms with Crippen molar-refractivity contribution in [2.45, 2.75) is 19.4 Å². The van der Waals surface area contributed by atoms with Crippen LogP contribution in [0.2, 0.25) is 5.02 Å².